The summed E-state index contributed by atoms with van der Waals surface area (Å²) in [7, 11) is 0. The third-order valence-corrected chi connectivity index (χ3v) is 15.2. The van der Waals surface area contributed by atoms with Crippen molar-refractivity contribution in [1.82, 2.24) is 0 Å². The van der Waals surface area contributed by atoms with Gasteiger partial charge in [0.05, 0.1) is 0 Å². The van der Waals surface area contributed by atoms with E-state index in [1.807, 2.05) is 0 Å². The molecule has 0 heterocycles. The quantitative estimate of drug-likeness (QED) is 0.523. The minimum atomic E-state index is 0.553. The zero-order valence-corrected chi connectivity index (χ0v) is 17.0. The van der Waals surface area contributed by atoms with Crippen molar-refractivity contribution in [2.45, 2.75) is 68.2 Å². The van der Waals surface area contributed by atoms with Gasteiger partial charge in [0, 0.05) is 0 Å². The summed E-state index contributed by atoms with van der Waals surface area (Å²) in [5.41, 5.74) is 3.62. The van der Waals surface area contributed by atoms with Gasteiger partial charge in [-0.1, -0.05) is 55.4 Å². The molecular formula is C24H36. The third kappa shape index (κ3) is 0.663. The molecular weight excluding hydrogens is 288 g/mol. The molecule has 8 aliphatic rings. The van der Waals surface area contributed by atoms with Crippen LogP contribution in [0.4, 0.5) is 0 Å². The minimum Gasteiger partial charge on any atom is -0.0617 e. The maximum atomic E-state index is 2.84. The molecule has 24 heavy (non-hydrogen) atoms. The fraction of sp³-hybridized carbons (Fsp3) is 1.00. The van der Waals surface area contributed by atoms with Crippen LogP contribution in [0.5, 0.6) is 0 Å². The van der Waals surface area contributed by atoms with Crippen molar-refractivity contribution in [1.29, 1.82) is 0 Å². The third-order valence-electron chi connectivity index (χ3n) is 15.2. The molecule has 0 N–H and O–H groups in total. The van der Waals surface area contributed by atoms with Crippen molar-refractivity contribution in [2.75, 3.05) is 0 Å². The van der Waals surface area contributed by atoms with Gasteiger partial charge in [0.1, 0.15) is 0 Å². The average molecular weight is 325 g/mol. The van der Waals surface area contributed by atoms with Crippen LogP contribution >= 0.6 is 0 Å². The lowest BCUT2D eigenvalue weighted by Gasteiger charge is -2.94. The van der Waals surface area contributed by atoms with E-state index in [-0.39, 0.29) is 0 Å². The molecule has 0 aromatic rings. The first-order chi connectivity index (χ1) is 11.0. The predicted molar refractivity (Wildman–Crippen MR) is 97.1 cm³/mol. The van der Waals surface area contributed by atoms with Crippen molar-refractivity contribution < 1.29 is 0 Å². The van der Waals surface area contributed by atoms with Gasteiger partial charge in [-0.3, -0.25) is 0 Å². The van der Waals surface area contributed by atoms with Gasteiger partial charge in [-0.2, -0.15) is 0 Å². The number of rotatable bonds is 0. The van der Waals surface area contributed by atoms with Crippen molar-refractivity contribution in [3.05, 3.63) is 0 Å². The van der Waals surface area contributed by atoms with E-state index in [9.17, 15) is 0 Å². The van der Waals surface area contributed by atoms with Crippen LogP contribution in [0, 0.1) is 79.8 Å². The molecule has 0 nitrogen and oxygen atoms in total. The topological polar surface area (TPSA) is 0 Å². The van der Waals surface area contributed by atoms with Gasteiger partial charge in [-0.15, -0.1) is 0 Å². The summed E-state index contributed by atoms with van der Waals surface area (Å²) in [6.07, 6.45) is 3.17. The molecule has 9 bridgehead atoms. The zero-order valence-electron chi connectivity index (χ0n) is 17.0. The number of hydrogen-bond donors (Lipinski definition) is 0. The molecule has 0 heteroatoms. The van der Waals surface area contributed by atoms with Crippen LogP contribution in [-0.4, -0.2) is 0 Å². The summed E-state index contributed by atoms with van der Waals surface area (Å²) in [4.78, 5) is 0. The standard InChI is InChI=1S/C24H36/c1-11-13-9-15-17-18-16-10-14-12(2)19(16,3)23(18,7)24(8,20(11,15)4)22(14,6)21(13,17)5/h11-18H,9-10H2,1-8H3. The molecule has 14 unspecified atom stereocenters. The predicted octanol–water partition coefficient (Wildman–Crippen LogP) is 5.87. The molecule has 0 aromatic carbocycles. The molecule has 14 atom stereocenters. The first-order valence-electron chi connectivity index (χ1n) is 11.0. The van der Waals surface area contributed by atoms with E-state index in [4.69, 9.17) is 0 Å². The second-order valence-electron chi connectivity index (χ2n) is 12.9. The molecule has 0 saturated heterocycles. The van der Waals surface area contributed by atoms with E-state index in [1.54, 1.807) is 12.8 Å². The first-order valence-corrected chi connectivity index (χ1v) is 11.0. The van der Waals surface area contributed by atoms with E-state index in [0.29, 0.717) is 32.5 Å². The summed E-state index contributed by atoms with van der Waals surface area (Å²) >= 11 is 0. The Balaban J connectivity index is 1.69. The highest BCUT2D eigenvalue weighted by molar-refractivity contribution is 5.48. The van der Waals surface area contributed by atoms with Crippen LogP contribution in [0.3, 0.4) is 0 Å². The van der Waals surface area contributed by atoms with Gasteiger partial charge in [0.25, 0.3) is 0 Å². The fourth-order valence-corrected chi connectivity index (χ4v) is 14.3. The van der Waals surface area contributed by atoms with E-state index >= 15 is 0 Å². The molecule has 0 aromatic heterocycles. The fourth-order valence-electron chi connectivity index (χ4n) is 14.3. The SMILES string of the molecule is CC1C2CC3C4C5C6CC7C(C)C6(C)C(C)(C2(C)C75C)C4(C)C13C. The van der Waals surface area contributed by atoms with Crippen LogP contribution in [0.25, 0.3) is 0 Å². The molecule has 0 aliphatic heterocycles. The smallest absolute Gasteiger partial charge is 0.0142 e. The van der Waals surface area contributed by atoms with Crippen molar-refractivity contribution >= 4 is 0 Å². The van der Waals surface area contributed by atoms with Crippen LogP contribution in [0.2, 0.25) is 0 Å². The Labute approximate surface area is 148 Å². The van der Waals surface area contributed by atoms with Crippen LogP contribution in [0.15, 0.2) is 0 Å². The lowest BCUT2D eigenvalue weighted by molar-refractivity contribution is -0.481. The Hall–Kier alpha value is 0. The van der Waals surface area contributed by atoms with Gasteiger partial charge in [0.2, 0.25) is 0 Å². The van der Waals surface area contributed by atoms with Crippen molar-refractivity contribution in [2.24, 2.45) is 79.8 Å². The summed E-state index contributed by atoms with van der Waals surface area (Å²) in [5.74, 6) is 8.18. The Kier molecular flexibility index (Phi) is 1.70. The Morgan fingerprint density at radius 3 is 1.75 bits per heavy atom. The van der Waals surface area contributed by atoms with Crippen LogP contribution in [0.1, 0.15) is 68.2 Å². The van der Waals surface area contributed by atoms with Crippen molar-refractivity contribution in [3.8, 4) is 0 Å². The van der Waals surface area contributed by atoms with Gasteiger partial charge >= 0.3 is 0 Å². The van der Waals surface area contributed by atoms with E-state index in [2.05, 4.69) is 55.4 Å². The summed E-state index contributed by atoms with van der Waals surface area (Å²) in [6, 6.07) is 0. The lowest BCUT2D eigenvalue weighted by Crippen LogP contribution is -2.91. The summed E-state index contributed by atoms with van der Waals surface area (Å²) in [6.45, 7) is 22.2. The summed E-state index contributed by atoms with van der Waals surface area (Å²) in [5, 5.41) is 0. The van der Waals surface area contributed by atoms with Gasteiger partial charge in [-0.25, -0.2) is 0 Å². The Bertz CT molecular complexity index is 738. The molecule has 0 radical (unpaired) electrons. The largest absolute Gasteiger partial charge is 0.0617 e. The average Bonchev–Trinajstić information content (AvgIpc) is 3.01. The van der Waals surface area contributed by atoms with Gasteiger partial charge < -0.3 is 0 Å². The van der Waals surface area contributed by atoms with Crippen LogP contribution < -0.4 is 0 Å². The second-order valence-corrected chi connectivity index (χ2v) is 12.9. The van der Waals surface area contributed by atoms with Crippen molar-refractivity contribution in [3.63, 3.8) is 0 Å². The van der Waals surface area contributed by atoms with E-state index < -0.39 is 0 Å². The molecule has 132 valence electrons. The molecule has 8 fully saturated rings. The van der Waals surface area contributed by atoms with E-state index in [1.165, 1.54) is 0 Å². The maximum absolute atomic E-state index is 2.84. The highest BCUT2D eigenvalue weighted by Crippen LogP contribution is 3.05. The highest BCUT2D eigenvalue weighted by atomic mass is 15.0. The monoisotopic (exact) mass is 324 g/mol. The number of hydrogen-bond acceptors (Lipinski definition) is 0. The van der Waals surface area contributed by atoms with Crippen LogP contribution in [-0.2, 0) is 0 Å². The Morgan fingerprint density at radius 2 is 1.08 bits per heavy atom. The lowest BCUT2D eigenvalue weighted by atomic mass is 9.09. The summed E-state index contributed by atoms with van der Waals surface area (Å²) < 4.78 is 0. The normalized spacial score (nSPS) is 87.0. The van der Waals surface area contributed by atoms with E-state index in [0.717, 1.165) is 47.3 Å². The molecule has 8 saturated carbocycles. The molecule has 8 aliphatic carbocycles. The van der Waals surface area contributed by atoms with Gasteiger partial charge in [0.15, 0.2) is 0 Å². The Morgan fingerprint density at radius 1 is 0.542 bits per heavy atom. The molecule has 8 rings (SSSR count). The second kappa shape index (κ2) is 2.90. The van der Waals surface area contributed by atoms with Gasteiger partial charge in [-0.05, 0) is 92.7 Å². The molecule has 0 spiro atoms. The minimum absolute atomic E-state index is 0.553. The highest BCUT2D eigenvalue weighted by Gasteiger charge is 3.01. The first kappa shape index (κ1) is 14.1. The zero-order chi connectivity index (χ0) is 17.0. The molecule has 0 amide bonds. The maximum Gasteiger partial charge on any atom is -0.0142 e. The number of fused-ring (bicyclic) bond motifs is 2.